The molecule has 6 aliphatic rings. The third-order valence-corrected chi connectivity index (χ3v) is 16.2. The molecule has 2 N–H and O–H groups in total. The predicted molar refractivity (Wildman–Crippen MR) is 181 cm³/mol. The normalized spacial score (nSPS) is 44.0. The number of fused-ring (bicyclic) bond motifs is 7. The van der Waals surface area contributed by atoms with E-state index in [1.54, 1.807) is 5.57 Å². The lowest BCUT2D eigenvalue weighted by atomic mass is 9.33. The lowest BCUT2D eigenvalue weighted by molar-refractivity contribution is -0.215. The zero-order valence-electron chi connectivity index (χ0n) is 30.2. The molecule has 0 aromatic rings. The van der Waals surface area contributed by atoms with E-state index < -0.39 is 0 Å². The summed E-state index contributed by atoms with van der Waals surface area (Å²) < 4.78 is 0. The molecule has 4 heteroatoms. The van der Waals surface area contributed by atoms with Gasteiger partial charge in [-0.3, -0.25) is 4.79 Å². The van der Waals surface area contributed by atoms with Gasteiger partial charge >= 0.3 is 6.03 Å². The molecule has 44 heavy (non-hydrogen) atoms. The van der Waals surface area contributed by atoms with E-state index in [-0.39, 0.29) is 44.7 Å². The lowest BCUT2D eigenvalue weighted by Gasteiger charge is -2.72. The van der Waals surface area contributed by atoms with Crippen molar-refractivity contribution in [2.24, 2.45) is 56.7 Å². The molecule has 5 saturated carbocycles. The maximum absolute atomic E-state index is 13.5. The Morgan fingerprint density at radius 3 is 2.14 bits per heavy atom. The van der Waals surface area contributed by atoms with Crippen molar-refractivity contribution < 1.29 is 9.59 Å². The number of Topliss-reactive ketones (excluding diaryl/α,β-unsaturated/α-hetero) is 1. The van der Waals surface area contributed by atoms with Crippen LogP contribution in [0.1, 0.15) is 159 Å². The summed E-state index contributed by atoms with van der Waals surface area (Å²) in [5.74, 6) is 3.20. The molecule has 2 amide bonds. The van der Waals surface area contributed by atoms with Crippen LogP contribution in [0.25, 0.3) is 0 Å². The molecule has 0 aromatic heterocycles. The topological polar surface area (TPSA) is 58.2 Å². The van der Waals surface area contributed by atoms with Crippen LogP contribution in [-0.2, 0) is 4.79 Å². The van der Waals surface area contributed by atoms with Gasteiger partial charge in [0, 0.05) is 18.0 Å². The first-order chi connectivity index (χ1) is 20.4. The second-order valence-electron chi connectivity index (χ2n) is 19.3. The van der Waals surface area contributed by atoms with Crippen LogP contribution < -0.4 is 10.6 Å². The highest BCUT2D eigenvalue weighted by Crippen LogP contribution is 2.76. The average Bonchev–Trinajstić information content (AvgIpc) is 3.21. The number of urea groups is 1. The quantitative estimate of drug-likeness (QED) is 0.335. The summed E-state index contributed by atoms with van der Waals surface area (Å²) in [6.45, 7) is 24.3. The first-order valence-electron chi connectivity index (χ1n) is 18.8. The van der Waals surface area contributed by atoms with Crippen LogP contribution >= 0.6 is 0 Å². The van der Waals surface area contributed by atoms with Crippen LogP contribution in [-0.4, -0.2) is 23.4 Å². The fraction of sp³-hybridized carbons (Fsp3) is 0.900. The summed E-state index contributed by atoms with van der Waals surface area (Å²) in [5, 5.41) is 6.99. The smallest absolute Gasteiger partial charge is 0.315 e. The number of carbonyl (C=O) groups is 2. The monoisotopic (exact) mass is 607 g/mol. The van der Waals surface area contributed by atoms with E-state index in [2.05, 4.69) is 79.9 Å². The van der Waals surface area contributed by atoms with Gasteiger partial charge in [-0.15, -0.1) is 0 Å². The number of rotatable bonds is 4. The number of allylic oxidation sites excluding steroid dienone is 2. The maximum Gasteiger partial charge on any atom is 0.315 e. The van der Waals surface area contributed by atoms with E-state index in [9.17, 15) is 9.59 Å². The van der Waals surface area contributed by atoms with Crippen LogP contribution in [0.3, 0.4) is 0 Å². The third kappa shape index (κ3) is 4.63. The average molecular weight is 607 g/mol. The summed E-state index contributed by atoms with van der Waals surface area (Å²) in [5.41, 5.74) is 3.58. The Balaban J connectivity index is 1.23. The van der Waals surface area contributed by atoms with Gasteiger partial charge in [0.25, 0.3) is 0 Å². The van der Waals surface area contributed by atoms with Crippen molar-refractivity contribution in [2.75, 3.05) is 0 Å². The molecule has 1 unspecified atom stereocenters. The van der Waals surface area contributed by atoms with Gasteiger partial charge < -0.3 is 10.6 Å². The molecule has 6 rings (SSSR count). The predicted octanol–water partition coefficient (Wildman–Crippen LogP) is 10.0. The summed E-state index contributed by atoms with van der Waals surface area (Å²) in [4.78, 5) is 27.0. The van der Waals surface area contributed by atoms with E-state index in [0.717, 1.165) is 12.8 Å². The number of carbonyl (C=O) groups excluding carboxylic acids is 2. The SMILES string of the molecule is CC(C)C1=C2[C@H]3CC[C@@H]4[C@@]5(C)CCC(NC(=O)NC(C)(C)C6CCCCC6)C(C)(C)[C@@H]5CC[C@@]4(C)[C@]3(C)CC[C@@]2(C)CC1=O. The van der Waals surface area contributed by atoms with E-state index in [0.29, 0.717) is 35.4 Å². The van der Waals surface area contributed by atoms with Crippen molar-refractivity contribution in [2.45, 2.75) is 171 Å². The van der Waals surface area contributed by atoms with E-state index in [1.807, 2.05) is 0 Å². The number of nitrogens with one attached hydrogen (secondary N) is 2. The van der Waals surface area contributed by atoms with Crippen LogP contribution in [0.5, 0.6) is 0 Å². The Bertz CT molecular complexity index is 1210. The zero-order valence-corrected chi connectivity index (χ0v) is 30.2. The van der Waals surface area contributed by atoms with Crippen LogP contribution in [0.15, 0.2) is 11.1 Å². The van der Waals surface area contributed by atoms with Gasteiger partial charge in [-0.25, -0.2) is 4.79 Å². The van der Waals surface area contributed by atoms with E-state index in [4.69, 9.17) is 0 Å². The molecule has 6 aliphatic carbocycles. The van der Waals surface area contributed by atoms with Crippen molar-refractivity contribution in [1.82, 2.24) is 10.6 Å². The first kappa shape index (κ1) is 32.6. The molecule has 248 valence electrons. The molecule has 0 aliphatic heterocycles. The van der Waals surface area contributed by atoms with Gasteiger partial charge in [0.2, 0.25) is 0 Å². The number of hydrogen-bond acceptors (Lipinski definition) is 2. The van der Waals surface area contributed by atoms with E-state index in [1.165, 1.54) is 82.6 Å². The Labute approximate surface area is 270 Å². The lowest BCUT2D eigenvalue weighted by Crippen LogP contribution is -2.67. The van der Waals surface area contributed by atoms with Crippen molar-refractivity contribution in [3.8, 4) is 0 Å². The molecule has 0 radical (unpaired) electrons. The maximum atomic E-state index is 13.5. The van der Waals surface area contributed by atoms with Gasteiger partial charge in [0.05, 0.1) is 0 Å². The second kappa shape index (κ2) is 10.6. The third-order valence-electron chi connectivity index (χ3n) is 16.2. The number of ketones is 1. The summed E-state index contributed by atoms with van der Waals surface area (Å²) in [6.07, 6.45) is 16.9. The highest BCUT2D eigenvalue weighted by Gasteiger charge is 2.69. The molecule has 0 aromatic carbocycles. The van der Waals surface area contributed by atoms with Gasteiger partial charge in [0.1, 0.15) is 0 Å². The largest absolute Gasteiger partial charge is 0.335 e. The molecule has 0 spiro atoms. The highest BCUT2D eigenvalue weighted by molar-refractivity contribution is 6.00. The van der Waals surface area contributed by atoms with Crippen molar-refractivity contribution in [3.05, 3.63) is 11.1 Å². The van der Waals surface area contributed by atoms with Crippen molar-refractivity contribution in [1.29, 1.82) is 0 Å². The Morgan fingerprint density at radius 2 is 1.48 bits per heavy atom. The molecule has 8 atom stereocenters. The van der Waals surface area contributed by atoms with Crippen LogP contribution in [0.2, 0.25) is 0 Å². The summed E-state index contributed by atoms with van der Waals surface area (Å²) >= 11 is 0. The molecule has 0 saturated heterocycles. The Hall–Kier alpha value is -1.32. The molecular formula is C40H66N2O2. The summed E-state index contributed by atoms with van der Waals surface area (Å²) in [6, 6.07) is 0.249. The first-order valence-corrected chi connectivity index (χ1v) is 18.8. The fourth-order valence-corrected chi connectivity index (χ4v) is 13.6. The van der Waals surface area contributed by atoms with Crippen molar-refractivity contribution in [3.63, 3.8) is 0 Å². The molecule has 0 bridgehead atoms. The van der Waals surface area contributed by atoms with Gasteiger partial charge in [-0.05, 0) is 140 Å². The minimum absolute atomic E-state index is 0.0431. The molecule has 4 nitrogen and oxygen atoms in total. The van der Waals surface area contributed by atoms with Crippen LogP contribution in [0.4, 0.5) is 4.79 Å². The Kier molecular flexibility index (Phi) is 7.85. The van der Waals surface area contributed by atoms with Crippen LogP contribution in [0, 0.1) is 56.7 Å². The number of hydrogen-bond donors (Lipinski definition) is 2. The minimum atomic E-state index is -0.163. The summed E-state index contributed by atoms with van der Waals surface area (Å²) in [7, 11) is 0. The second-order valence-corrected chi connectivity index (χ2v) is 19.3. The van der Waals surface area contributed by atoms with Gasteiger partial charge in [-0.2, -0.15) is 0 Å². The molecule has 5 fully saturated rings. The zero-order chi connectivity index (χ0) is 32.1. The fourth-order valence-electron chi connectivity index (χ4n) is 13.6. The Morgan fingerprint density at radius 1 is 0.795 bits per heavy atom. The number of amides is 2. The standard InChI is InChI=1S/C40H66N2O2/c1-25(2)32-28(43)24-37(7)22-23-39(9)27(33(32)37)16-17-30-38(8)20-19-31(35(3,4)29(38)18-21-40(30,39)10)41-34(44)42-36(5,6)26-14-12-11-13-15-26/h25-27,29-31H,11-24H2,1-10H3,(H2,41,42,44)/t27-,29+,30-,31?,37+,38+,39-,40-/m1/s1. The van der Waals surface area contributed by atoms with E-state index >= 15 is 0 Å². The molecular weight excluding hydrogens is 540 g/mol. The minimum Gasteiger partial charge on any atom is -0.335 e. The van der Waals surface area contributed by atoms with Crippen molar-refractivity contribution >= 4 is 11.8 Å². The van der Waals surface area contributed by atoms with Gasteiger partial charge in [-0.1, -0.05) is 80.2 Å². The highest BCUT2D eigenvalue weighted by atomic mass is 16.2. The van der Waals surface area contributed by atoms with Gasteiger partial charge in [0.15, 0.2) is 5.78 Å². The molecule has 0 heterocycles.